The minimum absolute atomic E-state index is 0.330. The van der Waals surface area contributed by atoms with E-state index in [-0.39, 0.29) is 0 Å². The summed E-state index contributed by atoms with van der Waals surface area (Å²) in [5.74, 6) is 1.76. The van der Waals surface area contributed by atoms with Crippen molar-refractivity contribution < 1.29 is 9.47 Å². The van der Waals surface area contributed by atoms with Crippen molar-refractivity contribution in [1.29, 1.82) is 0 Å². The van der Waals surface area contributed by atoms with Gasteiger partial charge in [0.1, 0.15) is 5.75 Å². The summed E-state index contributed by atoms with van der Waals surface area (Å²) < 4.78 is 11.0. The molecule has 0 N–H and O–H groups in total. The Morgan fingerprint density at radius 3 is 2.62 bits per heavy atom. The summed E-state index contributed by atoms with van der Waals surface area (Å²) in [6.45, 7) is 5.08. The van der Waals surface area contributed by atoms with E-state index in [1.54, 1.807) is 0 Å². The Hall–Kier alpha value is -0.540. The van der Waals surface area contributed by atoms with E-state index in [0.29, 0.717) is 11.8 Å². The number of rotatable bonds is 2. The third-order valence-corrected chi connectivity index (χ3v) is 4.08. The summed E-state index contributed by atoms with van der Waals surface area (Å²) in [6.07, 6.45) is 1.11. The van der Waals surface area contributed by atoms with Gasteiger partial charge in [0.15, 0.2) is 0 Å². The van der Waals surface area contributed by atoms with Crippen LogP contribution < -0.4 is 4.74 Å². The normalized spacial score (nSPS) is 34.7. The number of halogens is 1. The lowest BCUT2D eigenvalue weighted by Gasteiger charge is -2.39. The quantitative estimate of drug-likeness (QED) is 0.769. The van der Waals surface area contributed by atoms with Crippen molar-refractivity contribution in [1.82, 2.24) is 0 Å². The number of benzene rings is 1. The molecule has 1 heterocycles. The number of para-hydroxylation sites is 1. The number of hydrogen-bond acceptors (Lipinski definition) is 2. The number of hydrogen-bond donors (Lipinski definition) is 0. The van der Waals surface area contributed by atoms with Crippen molar-refractivity contribution in [3.8, 4) is 5.75 Å². The molecule has 1 aromatic rings. The molecule has 3 unspecified atom stereocenters. The van der Waals surface area contributed by atoms with Gasteiger partial charge in [0.25, 0.3) is 4.70 Å². The Bertz CT molecular complexity index is 341. The first kappa shape index (κ1) is 11.9. The van der Waals surface area contributed by atoms with Crippen LogP contribution in [0.3, 0.4) is 0 Å². The summed E-state index contributed by atoms with van der Waals surface area (Å²) in [5.41, 5.74) is 0. The molecule has 88 valence electrons. The van der Waals surface area contributed by atoms with E-state index in [1.807, 2.05) is 30.3 Å². The molecule has 0 amide bonds. The smallest absolute Gasteiger partial charge is 0.270 e. The highest BCUT2D eigenvalue weighted by Crippen LogP contribution is 2.39. The molecular formula is C13H17BrO2. The van der Waals surface area contributed by atoms with Crippen LogP contribution in [0, 0.1) is 11.8 Å². The largest absolute Gasteiger partial charge is 0.452 e. The Kier molecular flexibility index (Phi) is 3.55. The van der Waals surface area contributed by atoms with Crippen molar-refractivity contribution >= 4 is 15.9 Å². The monoisotopic (exact) mass is 284 g/mol. The highest BCUT2D eigenvalue weighted by molar-refractivity contribution is 9.10. The average molecular weight is 285 g/mol. The van der Waals surface area contributed by atoms with Gasteiger partial charge < -0.3 is 9.47 Å². The molecule has 1 fully saturated rings. The van der Waals surface area contributed by atoms with Gasteiger partial charge >= 0.3 is 0 Å². The molecule has 0 spiro atoms. The fourth-order valence-electron chi connectivity index (χ4n) is 1.99. The van der Waals surface area contributed by atoms with Crippen LogP contribution in [-0.2, 0) is 4.74 Å². The molecule has 16 heavy (non-hydrogen) atoms. The lowest BCUT2D eigenvalue weighted by atomic mass is 9.95. The van der Waals surface area contributed by atoms with E-state index in [0.717, 1.165) is 18.8 Å². The molecule has 0 aliphatic carbocycles. The predicted molar refractivity (Wildman–Crippen MR) is 67.6 cm³/mol. The molecule has 0 bridgehead atoms. The molecule has 0 saturated carbocycles. The molecule has 3 heteroatoms. The van der Waals surface area contributed by atoms with Gasteiger partial charge in [0, 0.05) is 5.92 Å². The lowest BCUT2D eigenvalue weighted by molar-refractivity contribution is -0.175. The second-order valence-electron chi connectivity index (χ2n) is 4.55. The minimum Gasteiger partial charge on any atom is -0.452 e. The van der Waals surface area contributed by atoms with Crippen molar-refractivity contribution in [3.05, 3.63) is 30.3 Å². The maximum Gasteiger partial charge on any atom is 0.270 e. The fourth-order valence-corrected chi connectivity index (χ4v) is 2.50. The van der Waals surface area contributed by atoms with Gasteiger partial charge in [-0.1, -0.05) is 32.0 Å². The first-order chi connectivity index (χ1) is 7.60. The fraction of sp³-hybridized carbons (Fsp3) is 0.538. The van der Waals surface area contributed by atoms with E-state index in [9.17, 15) is 0 Å². The molecule has 1 aliphatic rings. The van der Waals surface area contributed by atoms with Crippen molar-refractivity contribution in [2.24, 2.45) is 11.8 Å². The van der Waals surface area contributed by atoms with Crippen LogP contribution in [0.1, 0.15) is 20.3 Å². The molecule has 1 saturated heterocycles. The summed E-state index contributed by atoms with van der Waals surface area (Å²) in [6, 6.07) is 9.78. The lowest BCUT2D eigenvalue weighted by Crippen LogP contribution is -2.45. The number of alkyl halides is 1. The topological polar surface area (TPSA) is 18.5 Å². The van der Waals surface area contributed by atoms with E-state index in [2.05, 4.69) is 29.8 Å². The molecule has 3 atom stereocenters. The molecule has 2 nitrogen and oxygen atoms in total. The Labute approximate surface area is 105 Å². The van der Waals surface area contributed by atoms with Crippen LogP contribution in [0.25, 0.3) is 0 Å². The number of ether oxygens (including phenoxy) is 2. The molecule has 1 aliphatic heterocycles. The maximum absolute atomic E-state index is 5.90. The van der Waals surface area contributed by atoms with Gasteiger partial charge in [0.2, 0.25) is 0 Å². The second kappa shape index (κ2) is 4.76. The van der Waals surface area contributed by atoms with Gasteiger partial charge in [-0.3, -0.25) is 0 Å². The van der Waals surface area contributed by atoms with E-state index in [1.165, 1.54) is 0 Å². The molecule has 0 radical (unpaired) electrons. The molecule has 2 rings (SSSR count). The summed E-state index contributed by atoms with van der Waals surface area (Å²) in [7, 11) is 0. The van der Waals surface area contributed by atoms with Crippen LogP contribution in [0.15, 0.2) is 30.3 Å². The first-order valence-corrected chi connectivity index (χ1v) is 6.46. The zero-order valence-corrected chi connectivity index (χ0v) is 11.2. The Morgan fingerprint density at radius 2 is 2.00 bits per heavy atom. The highest BCUT2D eigenvalue weighted by atomic mass is 79.9. The van der Waals surface area contributed by atoms with Gasteiger partial charge in [-0.15, -0.1) is 0 Å². The van der Waals surface area contributed by atoms with E-state index < -0.39 is 4.70 Å². The summed E-state index contributed by atoms with van der Waals surface area (Å²) in [4.78, 5) is 0. The molecular weight excluding hydrogens is 268 g/mol. The van der Waals surface area contributed by atoms with Crippen molar-refractivity contribution in [2.45, 2.75) is 25.0 Å². The van der Waals surface area contributed by atoms with Crippen LogP contribution in [0.2, 0.25) is 0 Å². The van der Waals surface area contributed by atoms with Crippen molar-refractivity contribution in [2.75, 3.05) is 6.61 Å². The molecule has 1 aromatic carbocycles. The zero-order valence-electron chi connectivity index (χ0n) is 9.65. The van der Waals surface area contributed by atoms with Crippen LogP contribution in [0.4, 0.5) is 0 Å². The van der Waals surface area contributed by atoms with Gasteiger partial charge in [-0.05, 0) is 40.4 Å². The minimum atomic E-state index is -0.666. The predicted octanol–water partition coefficient (Wildman–Crippen LogP) is 3.81. The standard InChI is InChI=1S/C13H17BrO2/c1-10-8-11(2)13(14,15-9-10)16-12-6-4-3-5-7-12/h3-7,10-11H,8-9H2,1-2H3. The van der Waals surface area contributed by atoms with Crippen LogP contribution >= 0.6 is 15.9 Å². The molecule has 0 aromatic heterocycles. The van der Waals surface area contributed by atoms with E-state index >= 15 is 0 Å². The van der Waals surface area contributed by atoms with E-state index in [4.69, 9.17) is 9.47 Å². The van der Waals surface area contributed by atoms with Gasteiger partial charge in [-0.2, -0.15) is 0 Å². The van der Waals surface area contributed by atoms with Gasteiger partial charge in [0.05, 0.1) is 6.61 Å². The zero-order chi connectivity index (χ0) is 11.6. The van der Waals surface area contributed by atoms with Crippen molar-refractivity contribution in [3.63, 3.8) is 0 Å². The summed E-state index contributed by atoms with van der Waals surface area (Å²) in [5, 5.41) is 0. The Morgan fingerprint density at radius 1 is 1.31 bits per heavy atom. The highest BCUT2D eigenvalue weighted by Gasteiger charge is 2.41. The summed E-state index contributed by atoms with van der Waals surface area (Å²) >= 11 is 3.58. The second-order valence-corrected chi connectivity index (χ2v) is 5.66. The van der Waals surface area contributed by atoms with Gasteiger partial charge in [-0.25, -0.2) is 0 Å². The third-order valence-electron chi connectivity index (χ3n) is 2.91. The van der Waals surface area contributed by atoms with Crippen LogP contribution in [-0.4, -0.2) is 11.3 Å². The third kappa shape index (κ3) is 2.58. The maximum atomic E-state index is 5.90. The van der Waals surface area contributed by atoms with Crippen LogP contribution in [0.5, 0.6) is 5.75 Å². The Balaban J connectivity index is 2.08. The SMILES string of the molecule is CC1COC(Br)(Oc2ccccc2)C(C)C1. The average Bonchev–Trinajstić information content (AvgIpc) is 2.26. The first-order valence-electron chi connectivity index (χ1n) is 5.67.